The third-order valence-electron chi connectivity index (χ3n) is 2.44. The average Bonchev–Trinajstić information content (AvgIpc) is 2.84. The van der Waals surface area contributed by atoms with Crippen LogP contribution in [-0.2, 0) is 4.79 Å². The number of thiophene rings is 1. The van der Waals surface area contributed by atoms with Crippen molar-refractivity contribution in [3.05, 3.63) is 29.0 Å². The SMILES string of the molecule is Cc1[nH]c(C(C)C(=O)O)nc1-c1cccs1. The summed E-state index contributed by atoms with van der Waals surface area (Å²) in [5, 5.41) is 10.9. The van der Waals surface area contributed by atoms with Gasteiger partial charge >= 0.3 is 5.97 Å². The molecule has 0 bridgehead atoms. The quantitative estimate of drug-likeness (QED) is 0.861. The van der Waals surface area contributed by atoms with Crippen molar-refractivity contribution in [1.82, 2.24) is 9.97 Å². The van der Waals surface area contributed by atoms with Gasteiger partial charge in [-0.1, -0.05) is 6.07 Å². The second kappa shape index (κ2) is 4.09. The van der Waals surface area contributed by atoms with E-state index in [2.05, 4.69) is 9.97 Å². The topological polar surface area (TPSA) is 66.0 Å². The first-order valence-electron chi connectivity index (χ1n) is 4.92. The number of carbonyl (C=O) groups is 1. The highest BCUT2D eigenvalue weighted by molar-refractivity contribution is 7.13. The number of aromatic amines is 1. The van der Waals surface area contributed by atoms with Gasteiger partial charge in [-0.2, -0.15) is 0 Å². The first kappa shape index (κ1) is 10.9. The van der Waals surface area contributed by atoms with Gasteiger partial charge < -0.3 is 10.1 Å². The van der Waals surface area contributed by atoms with E-state index < -0.39 is 11.9 Å². The Kier molecular flexibility index (Phi) is 2.78. The highest BCUT2D eigenvalue weighted by Crippen LogP contribution is 2.27. The Bertz CT molecular complexity index is 502. The molecule has 0 radical (unpaired) electrons. The smallest absolute Gasteiger partial charge is 0.313 e. The zero-order chi connectivity index (χ0) is 11.7. The lowest BCUT2D eigenvalue weighted by Gasteiger charge is -1.99. The van der Waals surface area contributed by atoms with E-state index in [9.17, 15) is 4.79 Å². The van der Waals surface area contributed by atoms with Crippen LogP contribution in [0.25, 0.3) is 10.6 Å². The monoisotopic (exact) mass is 236 g/mol. The van der Waals surface area contributed by atoms with Crippen LogP contribution in [0.5, 0.6) is 0 Å². The molecular formula is C11H12N2O2S. The van der Waals surface area contributed by atoms with Crippen LogP contribution in [0.15, 0.2) is 17.5 Å². The van der Waals surface area contributed by atoms with E-state index in [1.165, 1.54) is 0 Å². The number of aliphatic carboxylic acids is 1. The van der Waals surface area contributed by atoms with Crippen LogP contribution in [0.4, 0.5) is 0 Å². The lowest BCUT2D eigenvalue weighted by molar-refractivity contribution is -0.138. The maximum absolute atomic E-state index is 10.8. The molecule has 0 aliphatic rings. The van der Waals surface area contributed by atoms with Gasteiger partial charge in [0.05, 0.1) is 4.88 Å². The van der Waals surface area contributed by atoms with E-state index in [1.807, 2.05) is 24.4 Å². The van der Waals surface area contributed by atoms with E-state index in [0.717, 1.165) is 16.3 Å². The number of rotatable bonds is 3. The van der Waals surface area contributed by atoms with Crippen LogP contribution in [0.2, 0.25) is 0 Å². The Balaban J connectivity index is 2.40. The summed E-state index contributed by atoms with van der Waals surface area (Å²) < 4.78 is 0. The third-order valence-corrected chi connectivity index (χ3v) is 3.31. The van der Waals surface area contributed by atoms with Crippen LogP contribution in [0, 0.1) is 6.92 Å². The Morgan fingerprint density at radius 1 is 1.62 bits per heavy atom. The standard InChI is InChI=1S/C11H12N2O2S/c1-6(11(14)15)10-12-7(2)9(13-10)8-4-3-5-16-8/h3-6H,1-2H3,(H,12,13)(H,14,15). The van der Waals surface area contributed by atoms with Gasteiger partial charge in [-0.05, 0) is 25.3 Å². The van der Waals surface area contributed by atoms with Crippen LogP contribution >= 0.6 is 11.3 Å². The zero-order valence-electron chi connectivity index (χ0n) is 9.02. The second-order valence-corrected chi connectivity index (χ2v) is 4.58. The molecule has 1 atom stereocenters. The van der Waals surface area contributed by atoms with E-state index in [-0.39, 0.29) is 0 Å². The predicted octanol–water partition coefficient (Wildman–Crippen LogP) is 2.63. The van der Waals surface area contributed by atoms with E-state index >= 15 is 0 Å². The number of nitrogens with one attached hydrogen (secondary N) is 1. The molecule has 16 heavy (non-hydrogen) atoms. The number of imidazole rings is 1. The number of H-pyrrole nitrogens is 1. The van der Waals surface area contributed by atoms with E-state index in [4.69, 9.17) is 5.11 Å². The van der Waals surface area contributed by atoms with Gasteiger partial charge in [0, 0.05) is 5.69 Å². The average molecular weight is 236 g/mol. The van der Waals surface area contributed by atoms with Gasteiger partial charge in [0.2, 0.25) is 0 Å². The molecule has 0 aromatic carbocycles. The Morgan fingerprint density at radius 2 is 2.38 bits per heavy atom. The van der Waals surface area contributed by atoms with Crippen LogP contribution in [0.3, 0.4) is 0 Å². The number of carboxylic acids is 1. The molecule has 5 heteroatoms. The minimum atomic E-state index is -0.869. The molecule has 84 valence electrons. The number of carboxylic acid groups (broad SMARTS) is 1. The lowest BCUT2D eigenvalue weighted by atomic mass is 10.2. The molecule has 2 aromatic rings. The van der Waals surface area contributed by atoms with Gasteiger partial charge in [-0.25, -0.2) is 4.98 Å². The largest absolute Gasteiger partial charge is 0.481 e. The normalized spacial score (nSPS) is 12.6. The second-order valence-electron chi connectivity index (χ2n) is 3.63. The van der Waals surface area contributed by atoms with Crippen molar-refractivity contribution >= 4 is 17.3 Å². The first-order chi connectivity index (χ1) is 7.59. The summed E-state index contributed by atoms with van der Waals surface area (Å²) >= 11 is 1.59. The molecule has 2 N–H and O–H groups in total. The fourth-order valence-corrected chi connectivity index (χ4v) is 2.23. The molecule has 0 saturated carbocycles. The highest BCUT2D eigenvalue weighted by Gasteiger charge is 2.19. The summed E-state index contributed by atoms with van der Waals surface area (Å²) in [6.45, 7) is 3.53. The maximum atomic E-state index is 10.8. The molecule has 0 fully saturated rings. The summed E-state index contributed by atoms with van der Waals surface area (Å²) in [7, 11) is 0. The van der Waals surface area contributed by atoms with Gasteiger partial charge in [-0.3, -0.25) is 4.79 Å². The molecule has 0 amide bonds. The minimum absolute atomic E-state index is 0.508. The van der Waals surface area contributed by atoms with Crippen LogP contribution in [-0.4, -0.2) is 21.0 Å². The summed E-state index contributed by atoms with van der Waals surface area (Å²) in [5.74, 6) is -0.965. The van der Waals surface area contributed by atoms with Crippen molar-refractivity contribution < 1.29 is 9.90 Å². The molecule has 0 aliphatic carbocycles. The molecule has 2 rings (SSSR count). The van der Waals surface area contributed by atoms with Crippen molar-refractivity contribution in [3.63, 3.8) is 0 Å². The number of aryl methyl sites for hydroxylation is 1. The van der Waals surface area contributed by atoms with E-state index in [0.29, 0.717) is 5.82 Å². The zero-order valence-corrected chi connectivity index (χ0v) is 9.84. The van der Waals surface area contributed by atoms with Crippen molar-refractivity contribution in [2.75, 3.05) is 0 Å². The van der Waals surface area contributed by atoms with Gasteiger partial charge in [0.15, 0.2) is 0 Å². The van der Waals surface area contributed by atoms with Gasteiger partial charge in [0.25, 0.3) is 0 Å². The number of hydrogen-bond acceptors (Lipinski definition) is 3. The fraction of sp³-hybridized carbons (Fsp3) is 0.273. The Morgan fingerprint density at radius 3 is 2.94 bits per heavy atom. The first-order valence-corrected chi connectivity index (χ1v) is 5.80. The van der Waals surface area contributed by atoms with Crippen LogP contribution < -0.4 is 0 Å². The molecule has 4 nitrogen and oxygen atoms in total. The summed E-state index contributed by atoms with van der Waals surface area (Å²) in [6.07, 6.45) is 0. The molecule has 0 spiro atoms. The van der Waals surface area contributed by atoms with Crippen molar-refractivity contribution in [3.8, 4) is 10.6 Å². The molecule has 0 aliphatic heterocycles. The molecule has 2 aromatic heterocycles. The summed E-state index contributed by atoms with van der Waals surface area (Å²) in [6, 6.07) is 3.93. The number of nitrogens with zero attached hydrogens (tertiary/aromatic N) is 1. The molecular weight excluding hydrogens is 224 g/mol. The van der Waals surface area contributed by atoms with Crippen molar-refractivity contribution in [2.45, 2.75) is 19.8 Å². The van der Waals surface area contributed by atoms with Gasteiger partial charge in [0.1, 0.15) is 17.4 Å². The molecule has 0 saturated heterocycles. The van der Waals surface area contributed by atoms with Crippen molar-refractivity contribution in [1.29, 1.82) is 0 Å². The lowest BCUT2D eigenvalue weighted by Crippen LogP contribution is -2.08. The number of hydrogen-bond donors (Lipinski definition) is 2. The Hall–Kier alpha value is -1.62. The molecule has 2 heterocycles. The summed E-state index contributed by atoms with van der Waals surface area (Å²) in [5.41, 5.74) is 1.75. The summed E-state index contributed by atoms with van der Waals surface area (Å²) in [4.78, 5) is 19.3. The molecule has 1 unspecified atom stereocenters. The van der Waals surface area contributed by atoms with E-state index in [1.54, 1.807) is 18.3 Å². The Labute approximate surface area is 97.0 Å². The minimum Gasteiger partial charge on any atom is -0.481 e. The van der Waals surface area contributed by atoms with Gasteiger partial charge in [-0.15, -0.1) is 11.3 Å². The predicted molar refractivity (Wildman–Crippen MR) is 62.7 cm³/mol. The number of aromatic nitrogens is 2. The van der Waals surface area contributed by atoms with Crippen LogP contribution in [0.1, 0.15) is 24.4 Å². The fourth-order valence-electron chi connectivity index (χ4n) is 1.46. The van der Waals surface area contributed by atoms with Crippen molar-refractivity contribution in [2.24, 2.45) is 0 Å². The maximum Gasteiger partial charge on any atom is 0.313 e. The third kappa shape index (κ3) is 1.86. The highest BCUT2D eigenvalue weighted by atomic mass is 32.1.